The predicted octanol–water partition coefficient (Wildman–Crippen LogP) is -3.29. The Bertz CT molecular complexity index is 200. The molecule has 1 fully saturated rings. The summed E-state index contributed by atoms with van der Waals surface area (Å²) in [4.78, 5) is 0. The molecule has 1 aliphatic heterocycles. The highest BCUT2D eigenvalue weighted by molar-refractivity contribution is 4.90. The minimum Gasteiger partial charge on any atom is -0.394 e. The summed E-state index contributed by atoms with van der Waals surface area (Å²) in [6.45, 7) is 0.935. The molecular formula is C8H17NO6. The van der Waals surface area contributed by atoms with Gasteiger partial charge < -0.3 is 30.3 Å². The maximum absolute atomic E-state index is 9.48. The maximum atomic E-state index is 9.48. The fourth-order valence-corrected chi connectivity index (χ4v) is 1.48. The topological polar surface area (TPSA) is 122 Å². The highest BCUT2D eigenvalue weighted by Gasteiger charge is 2.43. The van der Waals surface area contributed by atoms with Crippen molar-refractivity contribution in [3.8, 4) is 0 Å². The molecule has 0 aromatic heterocycles. The monoisotopic (exact) mass is 223 g/mol. The molecule has 0 bridgehead atoms. The number of hydrogen-bond donors (Lipinski definition) is 6. The van der Waals surface area contributed by atoms with Crippen LogP contribution in [0.15, 0.2) is 0 Å². The van der Waals surface area contributed by atoms with Crippen LogP contribution in [0.4, 0.5) is 0 Å². The van der Waals surface area contributed by atoms with Crippen LogP contribution in [0.2, 0.25) is 0 Å². The van der Waals surface area contributed by atoms with E-state index in [0.29, 0.717) is 0 Å². The number of hydrogen-bond acceptors (Lipinski definition) is 7. The Hall–Kier alpha value is -0.280. The molecule has 15 heavy (non-hydrogen) atoms. The molecule has 7 heteroatoms. The van der Waals surface area contributed by atoms with Crippen LogP contribution < -0.4 is 5.32 Å². The van der Waals surface area contributed by atoms with E-state index in [0.717, 1.165) is 0 Å². The van der Waals surface area contributed by atoms with Crippen LogP contribution in [0.5, 0.6) is 0 Å². The first kappa shape index (κ1) is 12.8. The summed E-state index contributed by atoms with van der Waals surface area (Å²) in [6.07, 6.45) is -7.09. The zero-order valence-electron chi connectivity index (χ0n) is 8.32. The van der Waals surface area contributed by atoms with Crippen molar-refractivity contribution < 1.29 is 30.3 Å². The van der Waals surface area contributed by atoms with Gasteiger partial charge in [-0.05, 0) is 6.92 Å². The van der Waals surface area contributed by atoms with Crippen molar-refractivity contribution in [1.82, 2.24) is 5.32 Å². The zero-order chi connectivity index (χ0) is 11.6. The van der Waals surface area contributed by atoms with Gasteiger partial charge in [0.1, 0.15) is 36.9 Å². The second-order valence-electron chi connectivity index (χ2n) is 3.59. The van der Waals surface area contributed by atoms with E-state index in [-0.39, 0.29) is 0 Å². The summed E-state index contributed by atoms with van der Waals surface area (Å²) in [5.41, 5.74) is 0. The van der Waals surface area contributed by atoms with Crippen molar-refractivity contribution in [2.24, 2.45) is 0 Å². The number of aliphatic hydroxyl groups is 5. The molecule has 0 saturated carbocycles. The fraction of sp³-hybridized carbons (Fsp3) is 1.00. The molecule has 0 amide bonds. The van der Waals surface area contributed by atoms with Crippen molar-refractivity contribution in [2.45, 2.75) is 43.8 Å². The van der Waals surface area contributed by atoms with Crippen molar-refractivity contribution in [1.29, 1.82) is 0 Å². The Kier molecular flexibility index (Phi) is 4.41. The predicted molar refractivity (Wildman–Crippen MR) is 48.6 cm³/mol. The van der Waals surface area contributed by atoms with Gasteiger partial charge in [0.15, 0.2) is 0 Å². The van der Waals surface area contributed by atoms with Gasteiger partial charge in [0.05, 0.1) is 6.61 Å². The fourth-order valence-electron chi connectivity index (χ4n) is 1.48. The van der Waals surface area contributed by atoms with E-state index in [2.05, 4.69) is 5.32 Å². The van der Waals surface area contributed by atoms with Gasteiger partial charge in [0.2, 0.25) is 0 Å². The summed E-state index contributed by atoms with van der Waals surface area (Å²) in [5.74, 6) is 0. The molecule has 6 N–H and O–H groups in total. The first-order valence-electron chi connectivity index (χ1n) is 4.72. The van der Waals surface area contributed by atoms with Gasteiger partial charge in [-0.25, -0.2) is 0 Å². The van der Waals surface area contributed by atoms with Crippen LogP contribution in [0.3, 0.4) is 0 Å². The minimum absolute atomic E-state index is 0.483. The van der Waals surface area contributed by atoms with Crippen LogP contribution >= 0.6 is 0 Å². The van der Waals surface area contributed by atoms with E-state index in [4.69, 9.17) is 14.9 Å². The summed E-state index contributed by atoms with van der Waals surface area (Å²) in [7, 11) is 0. The van der Waals surface area contributed by atoms with Gasteiger partial charge >= 0.3 is 0 Å². The number of ether oxygens (including phenoxy) is 1. The third kappa shape index (κ3) is 2.85. The van der Waals surface area contributed by atoms with Crippen LogP contribution in [-0.4, -0.2) is 69.0 Å². The first-order valence-corrected chi connectivity index (χ1v) is 4.72. The second kappa shape index (κ2) is 5.17. The minimum atomic E-state index is -1.42. The first-order chi connectivity index (χ1) is 6.97. The summed E-state index contributed by atoms with van der Waals surface area (Å²) >= 11 is 0. The number of nitrogens with one attached hydrogen (secondary N) is 1. The molecule has 1 heterocycles. The highest BCUT2D eigenvalue weighted by atomic mass is 16.6. The Morgan fingerprint density at radius 2 is 1.80 bits per heavy atom. The Balaban J connectivity index is 2.65. The van der Waals surface area contributed by atoms with Crippen molar-refractivity contribution in [3.63, 3.8) is 0 Å². The molecule has 0 aromatic carbocycles. The van der Waals surface area contributed by atoms with Gasteiger partial charge in [-0.15, -0.1) is 0 Å². The lowest BCUT2D eigenvalue weighted by molar-refractivity contribution is -0.242. The van der Waals surface area contributed by atoms with E-state index in [1.54, 1.807) is 0 Å². The average Bonchev–Trinajstić information content (AvgIpc) is 2.18. The normalized spacial score (nSPS) is 44.0. The van der Waals surface area contributed by atoms with E-state index < -0.39 is 43.5 Å². The van der Waals surface area contributed by atoms with Crippen molar-refractivity contribution in [3.05, 3.63) is 0 Å². The smallest absolute Gasteiger partial charge is 0.139 e. The molecule has 1 rings (SSSR count). The SMILES string of the molecule is CC(O)N[C@@H]1O[C@H](CO)[C@@H](O)[C@H](O)[C@H]1O. The largest absolute Gasteiger partial charge is 0.394 e. The van der Waals surface area contributed by atoms with E-state index in [1.165, 1.54) is 6.92 Å². The number of aliphatic hydroxyl groups excluding tert-OH is 5. The molecule has 1 saturated heterocycles. The standard InChI is InChI=1S/C8H17NO6/c1-3(11)9-8-7(14)6(13)5(12)4(2-10)15-8/h3-14H,2H2,1H3/t3?,4-,5-,6+,7-,8-/m1/s1. The lowest BCUT2D eigenvalue weighted by Gasteiger charge is -2.40. The van der Waals surface area contributed by atoms with Gasteiger partial charge in [0.25, 0.3) is 0 Å². The third-order valence-electron chi connectivity index (χ3n) is 2.30. The van der Waals surface area contributed by atoms with E-state index >= 15 is 0 Å². The van der Waals surface area contributed by atoms with Gasteiger partial charge in [0, 0.05) is 0 Å². The molecule has 1 aliphatic rings. The lowest BCUT2D eigenvalue weighted by atomic mass is 9.98. The molecule has 1 unspecified atom stereocenters. The Morgan fingerprint density at radius 1 is 1.20 bits per heavy atom. The quantitative estimate of drug-likeness (QED) is 0.277. The van der Waals surface area contributed by atoms with Crippen LogP contribution in [0, 0.1) is 0 Å². The average molecular weight is 223 g/mol. The third-order valence-corrected chi connectivity index (χ3v) is 2.30. The molecule has 90 valence electrons. The van der Waals surface area contributed by atoms with Crippen molar-refractivity contribution in [2.75, 3.05) is 6.61 Å². The van der Waals surface area contributed by atoms with Gasteiger partial charge in [-0.3, -0.25) is 5.32 Å². The van der Waals surface area contributed by atoms with Crippen LogP contribution in [0.25, 0.3) is 0 Å². The number of rotatable bonds is 3. The molecule has 0 spiro atoms. The lowest BCUT2D eigenvalue weighted by Crippen LogP contribution is -2.63. The molecular weight excluding hydrogens is 206 g/mol. The van der Waals surface area contributed by atoms with Crippen molar-refractivity contribution >= 4 is 0 Å². The molecule has 0 radical (unpaired) electrons. The van der Waals surface area contributed by atoms with E-state index in [1.807, 2.05) is 0 Å². The Labute approximate surface area is 86.9 Å². The molecule has 0 aliphatic carbocycles. The molecule has 0 aromatic rings. The Morgan fingerprint density at radius 3 is 2.27 bits per heavy atom. The van der Waals surface area contributed by atoms with Gasteiger partial charge in [-0.1, -0.05) is 0 Å². The highest BCUT2D eigenvalue weighted by Crippen LogP contribution is 2.19. The van der Waals surface area contributed by atoms with Gasteiger partial charge in [-0.2, -0.15) is 0 Å². The van der Waals surface area contributed by atoms with E-state index in [9.17, 15) is 15.3 Å². The molecule has 6 atom stereocenters. The van der Waals surface area contributed by atoms with Crippen LogP contribution in [0.1, 0.15) is 6.92 Å². The zero-order valence-corrected chi connectivity index (χ0v) is 8.32. The summed E-state index contributed by atoms with van der Waals surface area (Å²) in [6, 6.07) is 0. The second-order valence-corrected chi connectivity index (χ2v) is 3.59. The summed E-state index contributed by atoms with van der Waals surface area (Å²) < 4.78 is 5.06. The van der Waals surface area contributed by atoms with Crippen LogP contribution in [-0.2, 0) is 4.74 Å². The maximum Gasteiger partial charge on any atom is 0.139 e. The summed E-state index contributed by atoms with van der Waals surface area (Å²) in [5, 5.41) is 48.6. The molecule has 7 nitrogen and oxygen atoms in total.